The molecule has 18 heavy (non-hydrogen) atoms. The number of benzene rings is 1. The van der Waals surface area contributed by atoms with Gasteiger partial charge in [0.05, 0.1) is 19.8 Å². The summed E-state index contributed by atoms with van der Waals surface area (Å²) in [7, 11) is 2.81. The fourth-order valence-electron chi connectivity index (χ4n) is 2.50. The summed E-state index contributed by atoms with van der Waals surface area (Å²) < 4.78 is 10.0. The Morgan fingerprint density at radius 1 is 1.33 bits per heavy atom. The van der Waals surface area contributed by atoms with E-state index in [0.717, 1.165) is 36.8 Å². The van der Waals surface area contributed by atoms with Crippen LogP contribution < -0.4 is 4.74 Å². The number of ether oxygens (including phenoxy) is 2. The van der Waals surface area contributed by atoms with Crippen LogP contribution in [0.5, 0.6) is 5.75 Å². The lowest BCUT2D eigenvalue weighted by Crippen LogP contribution is -2.14. The molecule has 0 aromatic heterocycles. The van der Waals surface area contributed by atoms with Crippen molar-refractivity contribution in [2.24, 2.45) is 0 Å². The van der Waals surface area contributed by atoms with E-state index < -0.39 is 5.97 Å². The molecule has 0 atom stereocenters. The summed E-state index contributed by atoms with van der Waals surface area (Å²) in [5, 5.41) is 9.15. The largest absolute Gasteiger partial charge is 0.494 e. The summed E-state index contributed by atoms with van der Waals surface area (Å²) >= 11 is 0. The zero-order valence-electron chi connectivity index (χ0n) is 10.6. The molecule has 0 aliphatic heterocycles. The van der Waals surface area contributed by atoms with E-state index in [0.29, 0.717) is 16.9 Å². The lowest BCUT2D eigenvalue weighted by atomic mass is 9.86. The lowest BCUT2D eigenvalue weighted by molar-refractivity contribution is 0.0595. The topological polar surface area (TPSA) is 59.3 Å². The predicted molar refractivity (Wildman–Crippen MR) is 65.7 cm³/mol. The highest BCUT2D eigenvalue weighted by atomic mass is 16.5. The van der Waals surface area contributed by atoms with Gasteiger partial charge in [-0.05, 0) is 42.9 Å². The van der Waals surface area contributed by atoms with E-state index in [1.165, 1.54) is 14.2 Å². The molecule has 0 radical (unpaired) electrons. The molecule has 94 valence electrons. The van der Waals surface area contributed by atoms with Crippen molar-refractivity contribution in [3.05, 3.63) is 28.3 Å². The Kier molecular flexibility index (Phi) is 3.52. The van der Waals surface area contributed by atoms with Gasteiger partial charge in [-0.2, -0.15) is 5.26 Å². The summed E-state index contributed by atoms with van der Waals surface area (Å²) in [6, 6.07) is 3.92. The number of carbonyl (C=O) groups excluding carboxylic acids is 1. The number of rotatable bonds is 2. The average Bonchev–Trinajstić information content (AvgIpc) is 2.44. The maximum Gasteiger partial charge on any atom is 0.341 e. The molecule has 4 nitrogen and oxygen atoms in total. The van der Waals surface area contributed by atoms with Crippen molar-refractivity contribution in [2.75, 3.05) is 14.2 Å². The van der Waals surface area contributed by atoms with Gasteiger partial charge in [-0.3, -0.25) is 0 Å². The van der Waals surface area contributed by atoms with E-state index in [-0.39, 0.29) is 0 Å². The number of esters is 1. The molecule has 0 amide bonds. The fraction of sp³-hybridized carbons (Fsp3) is 0.429. The lowest BCUT2D eigenvalue weighted by Gasteiger charge is -2.21. The highest BCUT2D eigenvalue weighted by Gasteiger charge is 2.25. The standard InChI is InChI=1S/C14H15NO3/c1-17-13-10(8-15)7-9-5-3-4-6-11(9)12(13)14(16)18-2/h7H,3-6H2,1-2H3. The van der Waals surface area contributed by atoms with Crippen LogP contribution in [0.4, 0.5) is 0 Å². The van der Waals surface area contributed by atoms with Crippen LogP contribution in [-0.4, -0.2) is 20.2 Å². The van der Waals surface area contributed by atoms with Crippen molar-refractivity contribution in [3.63, 3.8) is 0 Å². The zero-order chi connectivity index (χ0) is 13.1. The maximum absolute atomic E-state index is 11.9. The van der Waals surface area contributed by atoms with Crippen LogP contribution in [0.25, 0.3) is 0 Å². The number of carbonyl (C=O) groups is 1. The Balaban J connectivity index is 2.72. The van der Waals surface area contributed by atoms with Crippen molar-refractivity contribution in [1.82, 2.24) is 0 Å². The van der Waals surface area contributed by atoms with E-state index >= 15 is 0 Å². The molecule has 0 bridgehead atoms. The van der Waals surface area contributed by atoms with Crippen LogP contribution in [0.15, 0.2) is 6.07 Å². The second kappa shape index (κ2) is 5.09. The summed E-state index contributed by atoms with van der Waals surface area (Å²) in [5.41, 5.74) is 2.87. The van der Waals surface area contributed by atoms with E-state index in [9.17, 15) is 4.79 Å². The minimum atomic E-state index is -0.429. The number of methoxy groups -OCH3 is 2. The third-order valence-corrected chi connectivity index (χ3v) is 3.32. The Hall–Kier alpha value is -2.02. The molecule has 1 aliphatic rings. The van der Waals surface area contributed by atoms with Crippen LogP contribution >= 0.6 is 0 Å². The highest BCUT2D eigenvalue weighted by molar-refractivity contribution is 5.95. The van der Waals surface area contributed by atoms with E-state index in [1.54, 1.807) is 0 Å². The summed E-state index contributed by atoms with van der Waals surface area (Å²) in [5.74, 6) is -0.0906. The molecular formula is C14H15NO3. The summed E-state index contributed by atoms with van der Waals surface area (Å²) in [6.45, 7) is 0. The van der Waals surface area contributed by atoms with Gasteiger partial charge in [-0.15, -0.1) is 0 Å². The Morgan fingerprint density at radius 3 is 2.67 bits per heavy atom. The Morgan fingerprint density at radius 2 is 2.06 bits per heavy atom. The Labute approximate surface area is 106 Å². The first-order valence-electron chi connectivity index (χ1n) is 5.94. The number of aryl methyl sites for hydroxylation is 1. The van der Waals surface area contributed by atoms with Crippen molar-refractivity contribution < 1.29 is 14.3 Å². The molecule has 0 heterocycles. The quantitative estimate of drug-likeness (QED) is 0.750. The molecule has 0 saturated carbocycles. The van der Waals surface area contributed by atoms with Gasteiger partial charge in [-0.1, -0.05) is 0 Å². The molecule has 4 heteroatoms. The molecule has 2 rings (SSSR count). The first-order valence-corrected chi connectivity index (χ1v) is 5.94. The molecule has 1 aromatic rings. The van der Waals surface area contributed by atoms with Crippen molar-refractivity contribution in [3.8, 4) is 11.8 Å². The number of fused-ring (bicyclic) bond motifs is 1. The zero-order valence-corrected chi connectivity index (χ0v) is 10.6. The van der Waals surface area contributed by atoms with Crippen molar-refractivity contribution >= 4 is 5.97 Å². The smallest absolute Gasteiger partial charge is 0.341 e. The molecule has 0 N–H and O–H groups in total. The maximum atomic E-state index is 11.9. The van der Waals surface area contributed by atoms with Crippen LogP contribution in [-0.2, 0) is 17.6 Å². The third kappa shape index (κ3) is 1.92. The minimum Gasteiger partial charge on any atom is -0.494 e. The number of nitrogens with zero attached hydrogens (tertiary/aromatic N) is 1. The normalized spacial score (nSPS) is 13.4. The van der Waals surface area contributed by atoms with Gasteiger partial charge < -0.3 is 9.47 Å². The predicted octanol–water partition coefficient (Wildman–Crippen LogP) is 2.23. The number of hydrogen-bond donors (Lipinski definition) is 0. The molecule has 0 unspecified atom stereocenters. The SMILES string of the molecule is COC(=O)c1c2c(cc(C#N)c1OC)CCCC2. The van der Waals surface area contributed by atoms with E-state index in [2.05, 4.69) is 6.07 Å². The molecule has 0 spiro atoms. The van der Waals surface area contributed by atoms with Gasteiger partial charge in [-0.25, -0.2) is 4.79 Å². The third-order valence-electron chi connectivity index (χ3n) is 3.32. The monoisotopic (exact) mass is 245 g/mol. The second-order valence-corrected chi connectivity index (χ2v) is 4.28. The molecule has 0 fully saturated rings. The second-order valence-electron chi connectivity index (χ2n) is 4.28. The first-order chi connectivity index (χ1) is 8.72. The van der Waals surface area contributed by atoms with E-state index in [4.69, 9.17) is 14.7 Å². The van der Waals surface area contributed by atoms with Crippen LogP contribution in [0, 0.1) is 11.3 Å². The van der Waals surface area contributed by atoms with Gasteiger partial charge >= 0.3 is 5.97 Å². The van der Waals surface area contributed by atoms with Gasteiger partial charge in [0, 0.05) is 0 Å². The van der Waals surface area contributed by atoms with Crippen molar-refractivity contribution in [1.29, 1.82) is 5.26 Å². The van der Waals surface area contributed by atoms with Gasteiger partial charge in [0.1, 0.15) is 11.6 Å². The van der Waals surface area contributed by atoms with Gasteiger partial charge in [0.15, 0.2) is 5.75 Å². The highest BCUT2D eigenvalue weighted by Crippen LogP contribution is 2.34. The first kappa shape index (κ1) is 12.4. The molecule has 0 saturated heterocycles. The fourth-order valence-corrected chi connectivity index (χ4v) is 2.50. The van der Waals surface area contributed by atoms with Crippen molar-refractivity contribution in [2.45, 2.75) is 25.7 Å². The molecule has 1 aliphatic carbocycles. The van der Waals surface area contributed by atoms with Gasteiger partial charge in [0.25, 0.3) is 0 Å². The van der Waals surface area contributed by atoms with Crippen LogP contribution in [0.2, 0.25) is 0 Å². The van der Waals surface area contributed by atoms with Crippen LogP contribution in [0.3, 0.4) is 0 Å². The minimum absolute atomic E-state index is 0.338. The molecule has 1 aromatic carbocycles. The number of nitriles is 1. The van der Waals surface area contributed by atoms with Crippen LogP contribution in [0.1, 0.15) is 39.9 Å². The summed E-state index contributed by atoms with van der Waals surface area (Å²) in [4.78, 5) is 11.9. The van der Waals surface area contributed by atoms with Gasteiger partial charge in [0.2, 0.25) is 0 Å². The van der Waals surface area contributed by atoms with E-state index in [1.807, 2.05) is 6.07 Å². The summed E-state index contributed by atoms with van der Waals surface area (Å²) in [6.07, 6.45) is 3.87. The Bertz CT molecular complexity index is 529. The molecular weight excluding hydrogens is 230 g/mol. The number of hydrogen-bond acceptors (Lipinski definition) is 4. The average molecular weight is 245 g/mol.